The number of aliphatic carboxylic acids is 1. The summed E-state index contributed by atoms with van der Waals surface area (Å²) in [4.78, 5) is 23.2. The van der Waals surface area contributed by atoms with E-state index in [0.717, 1.165) is 0 Å². The Kier molecular flexibility index (Phi) is 4.34. The SMILES string of the molecule is C=C(CC=C(C)C(=O)O)N=C=O. The number of allylic oxidation sites excluding steroid dienone is 1. The molecule has 0 rings (SSSR count). The van der Waals surface area contributed by atoms with E-state index in [4.69, 9.17) is 5.11 Å². The molecule has 0 aromatic rings. The van der Waals surface area contributed by atoms with Crippen LogP contribution in [0.3, 0.4) is 0 Å². The van der Waals surface area contributed by atoms with Crippen LogP contribution in [-0.2, 0) is 9.59 Å². The van der Waals surface area contributed by atoms with Crippen molar-refractivity contribution in [1.82, 2.24) is 0 Å². The maximum Gasteiger partial charge on any atom is 0.330 e. The molecule has 0 aromatic heterocycles. The Balaban J connectivity index is 4.13. The maximum absolute atomic E-state index is 10.3. The van der Waals surface area contributed by atoms with Gasteiger partial charge < -0.3 is 5.11 Å². The number of nitrogens with zero attached hydrogens (tertiary/aromatic N) is 1. The van der Waals surface area contributed by atoms with Crippen molar-refractivity contribution in [1.29, 1.82) is 0 Å². The number of carboxylic acids is 1. The highest BCUT2D eigenvalue weighted by Gasteiger charge is 1.98. The lowest BCUT2D eigenvalue weighted by atomic mass is 10.2. The van der Waals surface area contributed by atoms with E-state index < -0.39 is 5.97 Å². The van der Waals surface area contributed by atoms with Gasteiger partial charge in [-0.2, -0.15) is 4.99 Å². The minimum Gasteiger partial charge on any atom is -0.478 e. The van der Waals surface area contributed by atoms with E-state index in [0.29, 0.717) is 5.70 Å². The first kappa shape index (κ1) is 10.3. The first-order chi connectivity index (χ1) is 5.57. The molecular weight excluding hydrogens is 158 g/mol. The third-order valence-corrected chi connectivity index (χ3v) is 1.18. The molecule has 0 fully saturated rings. The smallest absolute Gasteiger partial charge is 0.330 e. The van der Waals surface area contributed by atoms with E-state index in [1.807, 2.05) is 0 Å². The fraction of sp³-hybridized carbons (Fsp3) is 0.250. The summed E-state index contributed by atoms with van der Waals surface area (Å²) in [6.07, 6.45) is 3.01. The van der Waals surface area contributed by atoms with Crippen molar-refractivity contribution in [2.75, 3.05) is 0 Å². The number of carboxylic acid groups (broad SMARTS) is 1. The van der Waals surface area contributed by atoms with Gasteiger partial charge in [-0.05, 0) is 6.92 Å². The highest BCUT2D eigenvalue weighted by Crippen LogP contribution is 2.03. The zero-order valence-corrected chi connectivity index (χ0v) is 6.70. The maximum atomic E-state index is 10.3. The van der Waals surface area contributed by atoms with Crippen molar-refractivity contribution in [3.8, 4) is 0 Å². The predicted octanol–water partition coefficient (Wildman–Crippen LogP) is 1.26. The lowest BCUT2D eigenvalue weighted by molar-refractivity contribution is -0.132. The van der Waals surface area contributed by atoms with E-state index in [9.17, 15) is 9.59 Å². The van der Waals surface area contributed by atoms with Crippen molar-refractivity contribution >= 4 is 12.0 Å². The normalized spacial score (nSPS) is 10.2. The molecule has 0 heterocycles. The standard InChI is InChI=1S/C8H9NO3/c1-6(8(11)12)3-4-7(2)9-5-10/h3H,2,4H2,1H3,(H,11,12). The summed E-state index contributed by atoms with van der Waals surface area (Å²) in [6, 6.07) is 0. The van der Waals surface area contributed by atoms with Crippen LogP contribution < -0.4 is 0 Å². The molecule has 0 aliphatic rings. The van der Waals surface area contributed by atoms with E-state index in [2.05, 4.69) is 11.6 Å². The number of hydrogen-bond donors (Lipinski definition) is 1. The molecular formula is C8H9NO3. The third kappa shape index (κ3) is 4.19. The van der Waals surface area contributed by atoms with Crippen LogP contribution in [0.5, 0.6) is 0 Å². The van der Waals surface area contributed by atoms with Gasteiger partial charge in [0, 0.05) is 12.0 Å². The zero-order valence-electron chi connectivity index (χ0n) is 6.70. The van der Waals surface area contributed by atoms with Crippen LogP contribution in [0.2, 0.25) is 0 Å². The number of rotatable bonds is 4. The molecule has 4 nitrogen and oxygen atoms in total. The second kappa shape index (κ2) is 5.04. The molecule has 64 valence electrons. The lowest BCUT2D eigenvalue weighted by Crippen LogP contribution is -1.95. The second-order valence-electron chi connectivity index (χ2n) is 2.17. The highest BCUT2D eigenvalue weighted by atomic mass is 16.4. The van der Waals surface area contributed by atoms with E-state index in [1.54, 1.807) is 0 Å². The van der Waals surface area contributed by atoms with Crippen LogP contribution in [0.15, 0.2) is 28.9 Å². The number of carbonyl (C=O) groups excluding carboxylic acids is 1. The molecule has 0 saturated carbocycles. The van der Waals surface area contributed by atoms with Gasteiger partial charge in [0.15, 0.2) is 0 Å². The van der Waals surface area contributed by atoms with Gasteiger partial charge in [0.2, 0.25) is 6.08 Å². The molecule has 12 heavy (non-hydrogen) atoms. The average Bonchev–Trinajstić information content (AvgIpc) is 2.00. The molecule has 0 radical (unpaired) electrons. The van der Waals surface area contributed by atoms with Gasteiger partial charge in [0.1, 0.15) is 0 Å². The molecule has 0 bridgehead atoms. The summed E-state index contributed by atoms with van der Waals surface area (Å²) in [5, 5.41) is 8.42. The number of aliphatic imine (C=N–C) groups is 1. The Morgan fingerprint density at radius 1 is 1.75 bits per heavy atom. The molecule has 0 aliphatic carbocycles. The molecule has 0 spiro atoms. The highest BCUT2D eigenvalue weighted by molar-refractivity contribution is 5.85. The van der Waals surface area contributed by atoms with Crippen LogP contribution in [0.1, 0.15) is 13.3 Å². The number of isocyanates is 1. The zero-order chi connectivity index (χ0) is 9.56. The molecule has 1 N–H and O–H groups in total. The number of carbonyl (C=O) groups is 1. The van der Waals surface area contributed by atoms with Crippen molar-refractivity contribution in [2.24, 2.45) is 4.99 Å². The van der Waals surface area contributed by atoms with E-state index in [1.165, 1.54) is 19.1 Å². The summed E-state index contributed by atoms with van der Waals surface area (Å²) in [5.41, 5.74) is 0.503. The molecule has 0 saturated heterocycles. The quantitative estimate of drug-likeness (QED) is 0.389. The van der Waals surface area contributed by atoms with Crippen LogP contribution >= 0.6 is 0 Å². The van der Waals surface area contributed by atoms with Gasteiger partial charge in [-0.3, -0.25) is 0 Å². The summed E-state index contributed by atoms with van der Waals surface area (Å²) in [6.45, 7) is 4.87. The lowest BCUT2D eigenvalue weighted by Gasteiger charge is -1.92. The summed E-state index contributed by atoms with van der Waals surface area (Å²) in [5.74, 6) is -0.988. The van der Waals surface area contributed by atoms with Gasteiger partial charge in [-0.25, -0.2) is 9.59 Å². The average molecular weight is 167 g/mol. The summed E-state index contributed by atoms with van der Waals surface area (Å²) < 4.78 is 0. The molecule has 0 atom stereocenters. The van der Waals surface area contributed by atoms with Gasteiger partial charge in [-0.1, -0.05) is 12.7 Å². The Morgan fingerprint density at radius 2 is 2.33 bits per heavy atom. The van der Waals surface area contributed by atoms with Gasteiger partial charge in [0.25, 0.3) is 0 Å². The van der Waals surface area contributed by atoms with Crippen LogP contribution in [-0.4, -0.2) is 17.2 Å². The van der Waals surface area contributed by atoms with Gasteiger partial charge in [-0.15, -0.1) is 0 Å². The van der Waals surface area contributed by atoms with Crippen molar-refractivity contribution < 1.29 is 14.7 Å². The van der Waals surface area contributed by atoms with E-state index in [-0.39, 0.29) is 12.0 Å². The van der Waals surface area contributed by atoms with Crippen LogP contribution in [0.4, 0.5) is 0 Å². The first-order valence-corrected chi connectivity index (χ1v) is 3.23. The molecule has 0 aliphatic heterocycles. The van der Waals surface area contributed by atoms with Crippen molar-refractivity contribution in [2.45, 2.75) is 13.3 Å². The fourth-order valence-corrected chi connectivity index (χ4v) is 0.468. The largest absolute Gasteiger partial charge is 0.478 e. The Bertz CT molecular complexity index is 272. The topological polar surface area (TPSA) is 66.7 Å². The molecule has 4 heteroatoms. The molecule has 0 unspecified atom stereocenters. The molecule has 0 amide bonds. The minimum atomic E-state index is -0.988. The third-order valence-electron chi connectivity index (χ3n) is 1.18. The predicted molar refractivity (Wildman–Crippen MR) is 43.3 cm³/mol. The second-order valence-corrected chi connectivity index (χ2v) is 2.17. The Hall–Kier alpha value is -1.67. The Labute approximate surface area is 69.9 Å². The van der Waals surface area contributed by atoms with Crippen LogP contribution in [0.25, 0.3) is 0 Å². The first-order valence-electron chi connectivity index (χ1n) is 3.23. The van der Waals surface area contributed by atoms with Gasteiger partial charge in [0.05, 0.1) is 5.70 Å². The monoisotopic (exact) mass is 167 g/mol. The van der Waals surface area contributed by atoms with Crippen molar-refractivity contribution in [3.63, 3.8) is 0 Å². The summed E-state index contributed by atoms with van der Waals surface area (Å²) >= 11 is 0. The van der Waals surface area contributed by atoms with Crippen LogP contribution in [0, 0.1) is 0 Å². The Morgan fingerprint density at radius 3 is 2.75 bits per heavy atom. The summed E-state index contributed by atoms with van der Waals surface area (Å²) in [7, 11) is 0. The van der Waals surface area contributed by atoms with Crippen molar-refractivity contribution in [3.05, 3.63) is 23.9 Å². The van der Waals surface area contributed by atoms with Gasteiger partial charge >= 0.3 is 5.97 Å². The molecule has 0 aromatic carbocycles. The minimum absolute atomic E-state index is 0.206. The van der Waals surface area contributed by atoms with E-state index >= 15 is 0 Å². The fourth-order valence-electron chi connectivity index (χ4n) is 0.468. The number of hydrogen-bond acceptors (Lipinski definition) is 3.